The predicted molar refractivity (Wildman–Crippen MR) is 114 cm³/mol. The minimum atomic E-state index is -0.716. The van der Waals surface area contributed by atoms with Gasteiger partial charge in [-0.1, -0.05) is 0 Å². The van der Waals surface area contributed by atoms with Gasteiger partial charge in [0.2, 0.25) is 5.91 Å². The second-order valence-corrected chi connectivity index (χ2v) is 8.89. The molecule has 9 nitrogen and oxygen atoms in total. The zero-order valence-corrected chi connectivity index (χ0v) is 17.4. The van der Waals surface area contributed by atoms with Crippen LogP contribution >= 0.6 is 0 Å². The molecule has 158 valence electrons. The number of carbonyl (C=O) groups is 2. The first kappa shape index (κ1) is 20.3. The van der Waals surface area contributed by atoms with E-state index >= 15 is 0 Å². The highest BCUT2D eigenvalue weighted by atomic mass is 32.2. The fourth-order valence-electron chi connectivity index (χ4n) is 3.40. The number of nitrogens with zero attached hydrogens (tertiary/aromatic N) is 4. The van der Waals surface area contributed by atoms with E-state index in [2.05, 4.69) is 20.2 Å². The maximum absolute atomic E-state index is 12.1. The molecule has 2 aromatic heterocycles. The van der Waals surface area contributed by atoms with Crippen LogP contribution in [-0.2, 0) is 20.3 Å². The van der Waals surface area contributed by atoms with Crippen molar-refractivity contribution in [3.8, 4) is 11.3 Å². The zero-order valence-electron chi connectivity index (χ0n) is 16.6. The van der Waals surface area contributed by atoms with Gasteiger partial charge in [-0.25, -0.2) is 9.78 Å². The molecule has 0 saturated carbocycles. The third kappa shape index (κ3) is 4.59. The maximum atomic E-state index is 12.1. The van der Waals surface area contributed by atoms with E-state index in [4.69, 9.17) is 4.74 Å². The van der Waals surface area contributed by atoms with Gasteiger partial charge in [0, 0.05) is 54.1 Å². The zero-order chi connectivity index (χ0) is 21.1. The summed E-state index contributed by atoms with van der Waals surface area (Å²) in [5.74, 6) is 2.07. The Labute approximate surface area is 176 Å². The Morgan fingerprint density at radius 3 is 2.63 bits per heavy atom. The molecule has 1 unspecified atom stereocenters. The summed E-state index contributed by atoms with van der Waals surface area (Å²) in [6.45, 7) is 3.57. The molecule has 2 aromatic rings. The molecule has 0 spiro atoms. The van der Waals surface area contributed by atoms with Crippen LogP contribution in [0.25, 0.3) is 11.3 Å². The van der Waals surface area contributed by atoms with Crippen molar-refractivity contribution in [2.45, 2.75) is 13.0 Å². The number of hydrogen-bond donors (Lipinski definition) is 1. The topological polar surface area (TPSA) is 105 Å². The molecule has 2 amide bonds. The highest BCUT2D eigenvalue weighted by Gasteiger charge is 2.32. The van der Waals surface area contributed by atoms with Crippen molar-refractivity contribution >= 4 is 34.3 Å². The number of amides is 2. The number of rotatable bonds is 5. The Kier molecular flexibility index (Phi) is 5.93. The summed E-state index contributed by atoms with van der Waals surface area (Å²) in [7, 11) is -0.716. The summed E-state index contributed by atoms with van der Waals surface area (Å²) < 4.78 is 16.8. The van der Waals surface area contributed by atoms with Crippen molar-refractivity contribution in [3.63, 3.8) is 0 Å². The van der Waals surface area contributed by atoms with Gasteiger partial charge in [-0.15, -0.1) is 0 Å². The molecule has 4 heterocycles. The van der Waals surface area contributed by atoms with E-state index in [1.54, 1.807) is 12.4 Å². The average molecular weight is 430 g/mol. The molecule has 2 aliphatic rings. The lowest BCUT2D eigenvalue weighted by atomic mass is 10.2. The lowest BCUT2D eigenvalue weighted by Gasteiger charge is -2.27. The van der Waals surface area contributed by atoms with Crippen molar-refractivity contribution in [1.82, 2.24) is 15.3 Å². The van der Waals surface area contributed by atoms with E-state index in [1.165, 1.54) is 11.8 Å². The summed E-state index contributed by atoms with van der Waals surface area (Å²) in [6, 6.07) is 7.57. The van der Waals surface area contributed by atoms with Gasteiger partial charge in [-0.05, 0) is 24.3 Å². The summed E-state index contributed by atoms with van der Waals surface area (Å²) in [5, 5.41) is 2.66. The van der Waals surface area contributed by atoms with Crippen LogP contribution in [0.2, 0.25) is 0 Å². The highest BCUT2D eigenvalue weighted by molar-refractivity contribution is 7.85. The predicted octanol–water partition coefficient (Wildman–Crippen LogP) is 1.17. The Bertz CT molecular complexity index is 941. The highest BCUT2D eigenvalue weighted by Crippen LogP contribution is 2.25. The summed E-state index contributed by atoms with van der Waals surface area (Å²) in [5.41, 5.74) is 2.26. The van der Waals surface area contributed by atoms with E-state index in [0.717, 1.165) is 30.2 Å². The monoisotopic (exact) mass is 429 g/mol. The van der Waals surface area contributed by atoms with Gasteiger partial charge in [-0.3, -0.25) is 18.9 Å². The number of pyridine rings is 2. The van der Waals surface area contributed by atoms with Gasteiger partial charge in [0.15, 0.2) is 0 Å². The largest absolute Gasteiger partial charge is 0.442 e. The van der Waals surface area contributed by atoms with Crippen molar-refractivity contribution in [2.75, 3.05) is 47.5 Å². The second-order valence-electron chi connectivity index (χ2n) is 7.20. The van der Waals surface area contributed by atoms with E-state index < -0.39 is 16.9 Å². The number of aromatic nitrogens is 2. The quantitative estimate of drug-likeness (QED) is 0.761. The van der Waals surface area contributed by atoms with Crippen molar-refractivity contribution < 1.29 is 18.5 Å². The molecule has 2 fully saturated rings. The van der Waals surface area contributed by atoms with Gasteiger partial charge in [0.1, 0.15) is 11.9 Å². The Morgan fingerprint density at radius 1 is 1.20 bits per heavy atom. The van der Waals surface area contributed by atoms with Gasteiger partial charge < -0.3 is 15.0 Å². The molecule has 0 radical (unpaired) electrons. The minimum Gasteiger partial charge on any atom is -0.442 e. The maximum Gasteiger partial charge on any atom is 0.414 e. The van der Waals surface area contributed by atoms with Crippen LogP contribution in [0.3, 0.4) is 0 Å². The summed E-state index contributed by atoms with van der Waals surface area (Å²) in [6.07, 6.45) is 2.57. The van der Waals surface area contributed by atoms with E-state index in [1.807, 2.05) is 24.3 Å². The van der Waals surface area contributed by atoms with Crippen LogP contribution in [0.5, 0.6) is 0 Å². The van der Waals surface area contributed by atoms with Crippen LogP contribution in [0.1, 0.15) is 6.92 Å². The molecule has 0 aliphatic carbocycles. The van der Waals surface area contributed by atoms with Gasteiger partial charge in [0.05, 0.1) is 30.7 Å². The average Bonchev–Trinajstić information content (AvgIpc) is 3.14. The van der Waals surface area contributed by atoms with Crippen molar-refractivity contribution in [3.05, 3.63) is 36.7 Å². The third-order valence-corrected chi connectivity index (χ3v) is 6.33. The normalized spacial score (nSPS) is 19.6. The van der Waals surface area contributed by atoms with Crippen LogP contribution in [0, 0.1) is 0 Å². The van der Waals surface area contributed by atoms with E-state index in [9.17, 15) is 13.8 Å². The number of ether oxygens (including phenoxy) is 1. The van der Waals surface area contributed by atoms with Gasteiger partial charge in [-0.2, -0.15) is 0 Å². The fourth-order valence-corrected chi connectivity index (χ4v) is 4.46. The van der Waals surface area contributed by atoms with Crippen LogP contribution in [-0.4, -0.2) is 70.0 Å². The van der Waals surface area contributed by atoms with Gasteiger partial charge >= 0.3 is 6.09 Å². The number of nitrogens with one attached hydrogen (secondary N) is 1. The van der Waals surface area contributed by atoms with Crippen LogP contribution in [0.15, 0.2) is 36.7 Å². The molecule has 2 aliphatic heterocycles. The first-order valence-electron chi connectivity index (χ1n) is 9.74. The first-order valence-corrected chi connectivity index (χ1v) is 11.2. The molecule has 4 rings (SSSR count). The fraction of sp³-hybridized carbons (Fsp3) is 0.400. The molecule has 1 N–H and O–H groups in total. The first-order chi connectivity index (χ1) is 14.5. The smallest absolute Gasteiger partial charge is 0.414 e. The Hall–Kier alpha value is -3.01. The summed E-state index contributed by atoms with van der Waals surface area (Å²) in [4.78, 5) is 35.8. The molecular formula is C20H23N5O4S. The SMILES string of the molecule is CC(=O)NCC1CN(c2ccc(-c3ccc(N4CCS(=O)CC4)nc3)nc2)C(=O)O1. The lowest BCUT2D eigenvalue weighted by Crippen LogP contribution is -2.38. The molecule has 0 bridgehead atoms. The minimum absolute atomic E-state index is 0.162. The number of hydrogen-bond acceptors (Lipinski definition) is 7. The number of cyclic esters (lactones) is 1. The Balaban J connectivity index is 1.40. The Morgan fingerprint density at radius 2 is 2.00 bits per heavy atom. The molecule has 0 aromatic carbocycles. The summed E-state index contributed by atoms with van der Waals surface area (Å²) >= 11 is 0. The van der Waals surface area contributed by atoms with Crippen LogP contribution in [0.4, 0.5) is 16.3 Å². The number of carbonyl (C=O) groups excluding carboxylic acids is 2. The van der Waals surface area contributed by atoms with E-state index in [0.29, 0.717) is 23.7 Å². The number of anilines is 2. The molecular weight excluding hydrogens is 406 g/mol. The molecule has 30 heavy (non-hydrogen) atoms. The van der Waals surface area contributed by atoms with Gasteiger partial charge in [0.25, 0.3) is 0 Å². The van der Waals surface area contributed by atoms with Crippen molar-refractivity contribution in [2.24, 2.45) is 0 Å². The second kappa shape index (κ2) is 8.78. The molecule has 10 heteroatoms. The van der Waals surface area contributed by atoms with Crippen molar-refractivity contribution in [1.29, 1.82) is 0 Å². The third-order valence-electron chi connectivity index (χ3n) is 5.06. The molecule has 2 saturated heterocycles. The van der Waals surface area contributed by atoms with Crippen LogP contribution < -0.4 is 15.1 Å². The standard InChI is InChI=1S/C20H23N5O4S/c1-14(26)21-12-17-13-25(20(27)29-17)16-3-4-18(22-11-16)15-2-5-19(23-10-15)24-6-8-30(28)9-7-24/h2-5,10-11,17H,6-9,12-13H2,1H3,(H,21,26). The van der Waals surface area contributed by atoms with E-state index in [-0.39, 0.29) is 18.6 Å². The lowest BCUT2D eigenvalue weighted by molar-refractivity contribution is -0.119. The molecule has 1 atom stereocenters.